The van der Waals surface area contributed by atoms with Gasteiger partial charge in [-0.25, -0.2) is 0 Å². The number of morpholine rings is 1. The average Bonchev–Trinajstić information content (AvgIpc) is 3.11. The van der Waals surface area contributed by atoms with E-state index in [1.54, 1.807) is 0 Å². The molecule has 1 saturated carbocycles. The molecule has 3 fully saturated rings. The van der Waals surface area contributed by atoms with Gasteiger partial charge in [0.1, 0.15) is 0 Å². The highest BCUT2D eigenvalue weighted by Crippen LogP contribution is 2.33. The van der Waals surface area contributed by atoms with E-state index in [2.05, 4.69) is 34.9 Å². The molecule has 1 aromatic rings. The van der Waals surface area contributed by atoms with Gasteiger partial charge in [-0.1, -0.05) is 12.5 Å². The van der Waals surface area contributed by atoms with Gasteiger partial charge in [0, 0.05) is 43.0 Å². The number of carbonyl (C=O) groups excluding carboxylic acids is 1. The monoisotopic (exact) mass is 343 g/mol. The van der Waals surface area contributed by atoms with Crippen molar-refractivity contribution in [2.45, 2.75) is 50.6 Å². The molecule has 3 atom stereocenters. The van der Waals surface area contributed by atoms with Crippen molar-refractivity contribution >= 4 is 17.3 Å². The molecule has 0 aromatic heterocycles. The quantitative estimate of drug-likeness (QED) is 0.883. The van der Waals surface area contributed by atoms with Crippen molar-refractivity contribution in [2.24, 2.45) is 5.92 Å². The van der Waals surface area contributed by atoms with Gasteiger partial charge in [-0.15, -0.1) is 0 Å². The van der Waals surface area contributed by atoms with Crippen molar-refractivity contribution in [3.8, 4) is 0 Å². The zero-order chi connectivity index (χ0) is 17.1. The third kappa shape index (κ3) is 3.82. The number of rotatable bonds is 4. The zero-order valence-electron chi connectivity index (χ0n) is 14.9. The summed E-state index contributed by atoms with van der Waals surface area (Å²) in [6, 6.07) is 9.32. The van der Waals surface area contributed by atoms with Crippen LogP contribution < -0.4 is 15.5 Å². The standard InChI is InChI=1S/C20H29N3O2/c24-20-9-1-2-11-23(20)16-6-3-5-15(13-16)22-18-8-4-7-17(18)19-14-25-12-10-21-19/h3,5-6,13,17-19,21-22H,1-2,4,7-12,14H2. The Morgan fingerprint density at radius 3 is 3.00 bits per heavy atom. The molecule has 0 bridgehead atoms. The molecule has 0 radical (unpaired) electrons. The van der Waals surface area contributed by atoms with Crippen LogP contribution in [0, 0.1) is 5.92 Å². The highest BCUT2D eigenvalue weighted by Gasteiger charge is 2.34. The van der Waals surface area contributed by atoms with Gasteiger partial charge in [0.15, 0.2) is 0 Å². The van der Waals surface area contributed by atoms with Crippen molar-refractivity contribution in [2.75, 3.05) is 36.5 Å². The molecule has 5 nitrogen and oxygen atoms in total. The van der Waals surface area contributed by atoms with Gasteiger partial charge in [0.05, 0.1) is 13.2 Å². The minimum absolute atomic E-state index is 0.255. The first-order valence-corrected chi connectivity index (χ1v) is 9.79. The van der Waals surface area contributed by atoms with Crippen LogP contribution in [0.3, 0.4) is 0 Å². The van der Waals surface area contributed by atoms with Crippen molar-refractivity contribution in [3.63, 3.8) is 0 Å². The van der Waals surface area contributed by atoms with E-state index in [1.165, 1.54) is 19.3 Å². The summed E-state index contributed by atoms with van der Waals surface area (Å²) in [5.74, 6) is 0.867. The first kappa shape index (κ1) is 16.9. The van der Waals surface area contributed by atoms with E-state index in [0.29, 0.717) is 24.4 Å². The molecule has 2 N–H and O–H groups in total. The Hall–Kier alpha value is -1.59. The molecule has 136 valence electrons. The lowest BCUT2D eigenvalue weighted by molar-refractivity contribution is -0.119. The van der Waals surface area contributed by atoms with Gasteiger partial charge in [0.25, 0.3) is 0 Å². The summed E-state index contributed by atoms with van der Waals surface area (Å²) in [4.78, 5) is 14.1. The van der Waals surface area contributed by atoms with Gasteiger partial charge < -0.3 is 20.3 Å². The molecule has 1 aromatic carbocycles. The molecule has 2 saturated heterocycles. The Labute approximate surface area is 150 Å². The Morgan fingerprint density at radius 2 is 2.16 bits per heavy atom. The normalized spacial score (nSPS) is 30.5. The lowest BCUT2D eigenvalue weighted by Crippen LogP contribution is -2.49. The third-order valence-electron chi connectivity index (χ3n) is 5.87. The minimum atomic E-state index is 0.255. The van der Waals surface area contributed by atoms with Gasteiger partial charge in [-0.2, -0.15) is 0 Å². The number of piperidine rings is 1. The number of amides is 1. The predicted octanol–water partition coefficient (Wildman–Crippen LogP) is 2.77. The Balaban J connectivity index is 1.45. The Bertz CT molecular complexity index is 600. The first-order chi connectivity index (χ1) is 12.3. The van der Waals surface area contributed by atoms with Gasteiger partial charge in [0.2, 0.25) is 5.91 Å². The van der Waals surface area contributed by atoms with Crippen LogP contribution in [0.25, 0.3) is 0 Å². The molecular formula is C20H29N3O2. The summed E-state index contributed by atoms with van der Waals surface area (Å²) in [6.45, 7) is 3.45. The van der Waals surface area contributed by atoms with Crippen molar-refractivity contribution in [3.05, 3.63) is 24.3 Å². The molecule has 3 aliphatic rings. The second-order valence-corrected chi connectivity index (χ2v) is 7.53. The lowest BCUT2D eigenvalue weighted by Gasteiger charge is -2.33. The SMILES string of the molecule is O=C1CCCCN1c1cccc(NC2CCCC2C2COCCN2)c1. The Kier molecular flexibility index (Phi) is 5.22. The van der Waals surface area contributed by atoms with Crippen LogP contribution in [-0.4, -0.2) is 44.3 Å². The van der Waals surface area contributed by atoms with E-state index < -0.39 is 0 Å². The van der Waals surface area contributed by atoms with Crippen molar-refractivity contribution in [1.82, 2.24) is 5.32 Å². The predicted molar refractivity (Wildman–Crippen MR) is 100 cm³/mol. The highest BCUT2D eigenvalue weighted by molar-refractivity contribution is 5.94. The topological polar surface area (TPSA) is 53.6 Å². The number of ether oxygens (including phenoxy) is 1. The largest absolute Gasteiger partial charge is 0.382 e. The van der Waals surface area contributed by atoms with E-state index in [-0.39, 0.29) is 5.91 Å². The lowest BCUT2D eigenvalue weighted by atomic mass is 9.93. The maximum atomic E-state index is 12.2. The number of benzene rings is 1. The molecule has 3 unspecified atom stereocenters. The van der Waals surface area contributed by atoms with E-state index in [1.807, 2.05) is 4.90 Å². The van der Waals surface area contributed by atoms with Crippen LogP contribution in [0.1, 0.15) is 38.5 Å². The van der Waals surface area contributed by atoms with E-state index in [9.17, 15) is 4.79 Å². The van der Waals surface area contributed by atoms with Crippen LogP contribution in [0.4, 0.5) is 11.4 Å². The van der Waals surface area contributed by atoms with E-state index >= 15 is 0 Å². The number of carbonyl (C=O) groups is 1. The van der Waals surface area contributed by atoms with Crippen LogP contribution in [0.15, 0.2) is 24.3 Å². The Morgan fingerprint density at radius 1 is 1.20 bits per heavy atom. The highest BCUT2D eigenvalue weighted by atomic mass is 16.5. The third-order valence-corrected chi connectivity index (χ3v) is 5.87. The van der Waals surface area contributed by atoms with Gasteiger partial charge in [-0.05, 0) is 49.8 Å². The number of nitrogens with one attached hydrogen (secondary N) is 2. The van der Waals surface area contributed by atoms with E-state index in [0.717, 1.165) is 50.5 Å². The molecule has 2 aliphatic heterocycles. The van der Waals surface area contributed by atoms with Crippen LogP contribution in [0.5, 0.6) is 0 Å². The summed E-state index contributed by atoms with van der Waals surface area (Å²) in [5.41, 5.74) is 2.16. The van der Waals surface area contributed by atoms with Crippen LogP contribution >= 0.6 is 0 Å². The number of hydrogen-bond acceptors (Lipinski definition) is 4. The second kappa shape index (κ2) is 7.75. The summed E-state index contributed by atoms with van der Waals surface area (Å²) in [6.07, 6.45) is 6.52. The fourth-order valence-corrected chi connectivity index (χ4v) is 4.57. The average molecular weight is 343 g/mol. The summed E-state index contributed by atoms with van der Waals surface area (Å²) >= 11 is 0. The van der Waals surface area contributed by atoms with Crippen molar-refractivity contribution in [1.29, 1.82) is 0 Å². The number of anilines is 2. The fraction of sp³-hybridized carbons (Fsp3) is 0.650. The van der Waals surface area contributed by atoms with Gasteiger partial charge >= 0.3 is 0 Å². The molecular weight excluding hydrogens is 314 g/mol. The molecule has 4 rings (SSSR count). The van der Waals surface area contributed by atoms with E-state index in [4.69, 9.17) is 4.74 Å². The molecule has 0 spiro atoms. The summed E-state index contributed by atoms with van der Waals surface area (Å²) in [5, 5.41) is 7.38. The first-order valence-electron chi connectivity index (χ1n) is 9.79. The van der Waals surface area contributed by atoms with Gasteiger partial charge in [-0.3, -0.25) is 4.79 Å². The maximum absolute atomic E-state index is 12.2. The van der Waals surface area contributed by atoms with Crippen LogP contribution in [-0.2, 0) is 9.53 Å². The molecule has 1 aliphatic carbocycles. The fourth-order valence-electron chi connectivity index (χ4n) is 4.57. The molecule has 1 amide bonds. The minimum Gasteiger partial charge on any atom is -0.382 e. The summed E-state index contributed by atoms with van der Waals surface area (Å²) < 4.78 is 5.67. The zero-order valence-corrected chi connectivity index (χ0v) is 14.9. The number of hydrogen-bond donors (Lipinski definition) is 2. The smallest absolute Gasteiger partial charge is 0.226 e. The maximum Gasteiger partial charge on any atom is 0.226 e. The molecule has 25 heavy (non-hydrogen) atoms. The van der Waals surface area contributed by atoms with Crippen molar-refractivity contribution < 1.29 is 9.53 Å². The summed E-state index contributed by atoms with van der Waals surface area (Å²) in [7, 11) is 0. The second-order valence-electron chi connectivity index (χ2n) is 7.53. The molecule has 5 heteroatoms. The molecule has 2 heterocycles. The van der Waals surface area contributed by atoms with Crippen LogP contribution in [0.2, 0.25) is 0 Å². The number of nitrogens with zero attached hydrogens (tertiary/aromatic N) is 1.